The van der Waals surface area contributed by atoms with E-state index in [1.165, 1.54) is 33.3 Å². The third-order valence-corrected chi connectivity index (χ3v) is 7.10. The van der Waals surface area contributed by atoms with Crippen molar-refractivity contribution in [3.05, 3.63) is 46.7 Å². The van der Waals surface area contributed by atoms with Crippen LogP contribution in [-0.2, 0) is 6.54 Å². The molecule has 0 radical (unpaired) electrons. The molecule has 0 bridgehead atoms. The monoisotopic (exact) mass is 321 g/mol. The fourth-order valence-corrected chi connectivity index (χ4v) is 5.78. The van der Waals surface area contributed by atoms with Crippen LogP contribution in [0.3, 0.4) is 0 Å². The van der Waals surface area contributed by atoms with Crippen LogP contribution in [0.5, 0.6) is 0 Å². The normalized spacial score (nSPS) is 19.1. The van der Waals surface area contributed by atoms with Gasteiger partial charge < -0.3 is 5.32 Å². The Kier molecular flexibility index (Phi) is 5.48. The molecular weight excluding hydrogens is 302 g/mol. The van der Waals surface area contributed by atoms with Crippen LogP contribution in [0.4, 0.5) is 0 Å². The SMILES string of the molecule is c1ccc(-c2csc(CNCC3CSCCS3)c2)cc1. The average molecular weight is 322 g/mol. The smallest absolute Gasteiger partial charge is 0.0300 e. The Hall–Kier alpha value is -0.420. The van der Waals surface area contributed by atoms with Crippen LogP contribution in [0.15, 0.2) is 41.8 Å². The molecule has 106 valence electrons. The Morgan fingerprint density at radius 3 is 2.80 bits per heavy atom. The zero-order chi connectivity index (χ0) is 13.6. The van der Waals surface area contributed by atoms with Crippen LogP contribution >= 0.6 is 34.9 Å². The molecule has 1 unspecified atom stereocenters. The number of benzene rings is 1. The van der Waals surface area contributed by atoms with Gasteiger partial charge in [0.1, 0.15) is 0 Å². The van der Waals surface area contributed by atoms with Gasteiger partial charge in [-0.25, -0.2) is 0 Å². The highest BCUT2D eigenvalue weighted by molar-refractivity contribution is 8.06. The summed E-state index contributed by atoms with van der Waals surface area (Å²) in [6, 6.07) is 12.9. The Balaban J connectivity index is 1.50. The summed E-state index contributed by atoms with van der Waals surface area (Å²) in [7, 11) is 0. The molecule has 0 spiro atoms. The second kappa shape index (κ2) is 7.55. The number of hydrogen-bond acceptors (Lipinski definition) is 4. The van der Waals surface area contributed by atoms with Crippen LogP contribution in [0.2, 0.25) is 0 Å². The van der Waals surface area contributed by atoms with Gasteiger partial charge in [0.2, 0.25) is 0 Å². The molecule has 4 heteroatoms. The zero-order valence-electron chi connectivity index (χ0n) is 11.4. The van der Waals surface area contributed by atoms with E-state index in [1.807, 2.05) is 11.3 Å². The molecule has 1 atom stereocenters. The van der Waals surface area contributed by atoms with Crippen molar-refractivity contribution in [1.82, 2.24) is 5.32 Å². The number of rotatable bonds is 5. The van der Waals surface area contributed by atoms with Crippen LogP contribution in [0.25, 0.3) is 11.1 Å². The fraction of sp³-hybridized carbons (Fsp3) is 0.375. The maximum Gasteiger partial charge on any atom is 0.0300 e. The molecule has 1 saturated heterocycles. The summed E-state index contributed by atoms with van der Waals surface area (Å²) in [5.74, 6) is 3.94. The predicted octanol–water partition coefficient (Wildman–Crippen LogP) is 4.35. The van der Waals surface area contributed by atoms with Gasteiger partial charge in [0.05, 0.1) is 0 Å². The van der Waals surface area contributed by atoms with Gasteiger partial charge in [0.25, 0.3) is 0 Å². The van der Waals surface area contributed by atoms with Gasteiger partial charge in [0, 0.05) is 40.5 Å². The van der Waals surface area contributed by atoms with Crippen LogP contribution < -0.4 is 5.32 Å². The van der Waals surface area contributed by atoms with Gasteiger partial charge in [0.15, 0.2) is 0 Å². The van der Waals surface area contributed by atoms with Crippen molar-refractivity contribution in [3.8, 4) is 11.1 Å². The van der Waals surface area contributed by atoms with E-state index in [0.717, 1.165) is 18.3 Å². The summed E-state index contributed by atoms with van der Waals surface area (Å²) in [4.78, 5) is 1.43. The largest absolute Gasteiger partial charge is 0.311 e. The first-order valence-electron chi connectivity index (χ1n) is 6.95. The molecule has 1 aliphatic heterocycles. The molecule has 1 fully saturated rings. The Morgan fingerprint density at radius 2 is 2.00 bits per heavy atom. The highest BCUT2D eigenvalue weighted by Crippen LogP contribution is 2.26. The average Bonchev–Trinajstić information content (AvgIpc) is 2.98. The van der Waals surface area contributed by atoms with E-state index in [1.54, 1.807) is 0 Å². The number of hydrogen-bond donors (Lipinski definition) is 1. The van der Waals surface area contributed by atoms with Crippen molar-refractivity contribution in [2.75, 3.05) is 23.8 Å². The Morgan fingerprint density at radius 1 is 1.10 bits per heavy atom. The molecule has 1 aliphatic rings. The van der Waals surface area contributed by atoms with Crippen molar-refractivity contribution in [1.29, 1.82) is 0 Å². The highest BCUT2D eigenvalue weighted by atomic mass is 32.2. The van der Waals surface area contributed by atoms with E-state index in [9.17, 15) is 0 Å². The van der Waals surface area contributed by atoms with E-state index in [2.05, 4.69) is 70.6 Å². The van der Waals surface area contributed by atoms with E-state index in [-0.39, 0.29) is 0 Å². The Bertz CT molecular complexity index is 518. The van der Waals surface area contributed by atoms with Gasteiger partial charge >= 0.3 is 0 Å². The first-order valence-corrected chi connectivity index (χ1v) is 10.0. The maximum absolute atomic E-state index is 3.61. The van der Waals surface area contributed by atoms with Gasteiger partial charge in [-0.3, -0.25) is 0 Å². The molecular formula is C16H19NS3. The first-order chi connectivity index (χ1) is 9.92. The molecule has 2 aromatic rings. The summed E-state index contributed by atoms with van der Waals surface area (Å²) in [5.41, 5.74) is 2.66. The number of thioether (sulfide) groups is 2. The topological polar surface area (TPSA) is 12.0 Å². The molecule has 1 aromatic carbocycles. The molecule has 0 amide bonds. The fourth-order valence-electron chi connectivity index (χ4n) is 2.27. The molecule has 2 heterocycles. The van der Waals surface area contributed by atoms with Crippen LogP contribution in [-0.4, -0.2) is 29.1 Å². The summed E-state index contributed by atoms with van der Waals surface area (Å²) in [5, 5.41) is 6.67. The maximum atomic E-state index is 3.61. The van der Waals surface area contributed by atoms with Crippen LogP contribution in [0.1, 0.15) is 4.88 Å². The lowest BCUT2D eigenvalue weighted by atomic mass is 10.1. The lowest BCUT2D eigenvalue weighted by Gasteiger charge is -2.20. The summed E-state index contributed by atoms with van der Waals surface area (Å²) < 4.78 is 0. The second-order valence-corrected chi connectivity index (χ2v) is 8.42. The molecule has 1 aromatic heterocycles. The number of thiophene rings is 1. The molecule has 0 saturated carbocycles. The van der Waals surface area contributed by atoms with Gasteiger partial charge in [-0.2, -0.15) is 23.5 Å². The molecule has 1 nitrogen and oxygen atoms in total. The van der Waals surface area contributed by atoms with Crippen molar-refractivity contribution >= 4 is 34.9 Å². The van der Waals surface area contributed by atoms with E-state index >= 15 is 0 Å². The van der Waals surface area contributed by atoms with E-state index in [4.69, 9.17) is 0 Å². The highest BCUT2D eigenvalue weighted by Gasteiger charge is 2.13. The van der Waals surface area contributed by atoms with Gasteiger partial charge in [-0.15, -0.1) is 11.3 Å². The molecule has 3 rings (SSSR count). The van der Waals surface area contributed by atoms with Gasteiger partial charge in [-0.05, 0) is 22.6 Å². The van der Waals surface area contributed by atoms with E-state index < -0.39 is 0 Å². The van der Waals surface area contributed by atoms with Crippen molar-refractivity contribution in [2.24, 2.45) is 0 Å². The van der Waals surface area contributed by atoms with Crippen molar-refractivity contribution in [3.63, 3.8) is 0 Å². The lowest BCUT2D eigenvalue weighted by Crippen LogP contribution is -2.28. The summed E-state index contributed by atoms with van der Waals surface area (Å²) in [6.45, 7) is 2.13. The zero-order valence-corrected chi connectivity index (χ0v) is 13.8. The molecule has 20 heavy (non-hydrogen) atoms. The summed E-state index contributed by atoms with van der Waals surface area (Å²) >= 11 is 6.07. The standard InChI is InChI=1S/C16H19NS3/c1-2-4-13(5-3-1)14-8-15(20-11-14)9-17-10-16-12-18-6-7-19-16/h1-5,8,11,16-17H,6-7,9-10,12H2. The minimum absolute atomic E-state index is 0.794. The third-order valence-electron chi connectivity index (χ3n) is 3.32. The lowest BCUT2D eigenvalue weighted by molar-refractivity contribution is 0.693. The molecule has 0 aliphatic carbocycles. The predicted molar refractivity (Wildman–Crippen MR) is 95.0 cm³/mol. The van der Waals surface area contributed by atoms with Crippen LogP contribution in [0, 0.1) is 0 Å². The number of nitrogens with one attached hydrogen (secondary N) is 1. The van der Waals surface area contributed by atoms with Crippen molar-refractivity contribution < 1.29 is 0 Å². The Labute approximate surface area is 133 Å². The third kappa shape index (κ3) is 4.04. The van der Waals surface area contributed by atoms with E-state index in [0.29, 0.717) is 0 Å². The minimum atomic E-state index is 0.794. The summed E-state index contributed by atoms with van der Waals surface area (Å²) in [6.07, 6.45) is 0. The molecule has 1 N–H and O–H groups in total. The second-order valence-electron chi connectivity index (χ2n) is 4.87. The first kappa shape index (κ1) is 14.5. The van der Waals surface area contributed by atoms with Crippen molar-refractivity contribution in [2.45, 2.75) is 11.8 Å². The van der Waals surface area contributed by atoms with Gasteiger partial charge in [-0.1, -0.05) is 30.3 Å². The minimum Gasteiger partial charge on any atom is -0.311 e. The quantitative estimate of drug-likeness (QED) is 0.879.